The molecule has 5 nitrogen and oxygen atoms in total. The van der Waals surface area contributed by atoms with Gasteiger partial charge in [0.05, 0.1) is 13.2 Å². The largest absolute Gasteiger partial charge is 0.490 e. The number of fused-ring (bicyclic) bond motifs is 1. The second kappa shape index (κ2) is 7.88. The van der Waals surface area contributed by atoms with Gasteiger partial charge in [-0.15, -0.1) is 0 Å². The molecule has 0 fully saturated rings. The van der Waals surface area contributed by atoms with Gasteiger partial charge in [-0.3, -0.25) is 4.99 Å². The molecule has 25 heavy (non-hydrogen) atoms. The van der Waals surface area contributed by atoms with Crippen LogP contribution in [0.3, 0.4) is 0 Å². The maximum Gasteiger partial charge on any atom is 0.195 e. The van der Waals surface area contributed by atoms with Crippen molar-refractivity contribution < 1.29 is 13.9 Å². The highest BCUT2D eigenvalue weighted by Gasteiger charge is 2.11. The van der Waals surface area contributed by atoms with Gasteiger partial charge in [0.15, 0.2) is 17.5 Å². The van der Waals surface area contributed by atoms with Gasteiger partial charge >= 0.3 is 0 Å². The van der Waals surface area contributed by atoms with Crippen LogP contribution in [-0.2, 0) is 6.54 Å². The Morgan fingerprint density at radius 2 is 1.92 bits per heavy atom. The van der Waals surface area contributed by atoms with Gasteiger partial charge in [-0.1, -0.05) is 12.1 Å². The van der Waals surface area contributed by atoms with E-state index >= 15 is 0 Å². The third-order valence-electron chi connectivity index (χ3n) is 3.93. The van der Waals surface area contributed by atoms with E-state index in [9.17, 15) is 4.39 Å². The number of hydrogen-bond donors (Lipinski definition) is 2. The Labute approximate surface area is 146 Å². The molecule has 0 aromatic heterocycles. The molecular formula is C19H22FN3O2. The van der Waals surface area contributed by atoms with E-state index in [4.69, 9.17) is 9.47 Å². The lowest BCUT2D eigenvalue weighted by molar-refractivity contribution is 0.297. The number of benzene rings is 2. The lowest BCUT2D eigenvalue weighted by Gasteiger charge is -2.14. The summed E-state index contributed by atoms with van der Waals surface area (Å²) < 4.78 is 24.9. The van der Waals surface area contributed by atoms with Crippen LogP contribution in [0, 0.1) is 12.7 Å². The fourth-order valence-electron chi connectivity index (χ4n) is 2.49. The van der Waals surface area contributed by atoms with Crippen molar-refractivity contribution in [3.8, 4) is 11.5 Å². The zero-order valence-corrected chi connectivity index (χ0v) is 14.4. The van der Waals surface area contributed by atoms with Crippen LogP contribution in [0.1, 0.15) is 17.5 Å². The average Bonchev–Trinajstić information content (AvgIpc) is 2.86. The minimum absolute atomic E-state index is 0.204. The Bertz CT molecular complexity index is 777. The van der Waals surface area contributed by atoms with E-state index in [1.807, 2.05) is 24.3 Å². The number of nitrogens with one attached hydrogen (secondary N) is 2. The molecule has 2 aromatic carbocycles. The summed E-state index contributed by atoms with van der Waals surface area (Å²) in [5.74, 6) is 1.86. The van der Waals surface area contributed by atoms with Crippen LogP contribution in [-0.4, -0.2) is 26.2 Å². The van der Waals surface area contributed by atoms with Crippen molar-refractivity contribution in [3.05, 3.63) is 53.3 Å². The maximum atomic E-state index is 13.6. The van der Waals surface area contributed by atoms with Gasteiger partial charge < -0.3 is 20.1 Å². The molecular weight excluding hydrogens is 321 g/mol. The molecule has 0 radical (unpaired) electrons. The molecule has 2 N–H and O–H groups in total. The molecule has 0 amide bonds. The monoisotopic (exact) mass is 343 g/mol. The summed E-state index contributed by atoms with van der Waals surface area (Å²) in [6.45, 7) is 3.52. The predicted molar refractivity (Wildman–Crippen MR) is 97.0 cm³/mol. The summed E-state index contributed by atoms with van der Waals surface area (Å²) in [6.07, 6.45) is 0.869. The number of hydrogen-bond acceptors (Lipinski definition) is 3. The first kappa shape index (κ1) is 17.1. The lowest BCUT2D eigenvalue weighted by atomic mass is 10.1. The molecule has 0 saturated carbocycles. The van der Waals surface area contributed by atoms with Crippen LogP contribution in [0.2, 0.25) is 0 Å². The zero-order chi connectivity index (χ0) is 17.6. The Morgan fingerprint density at radius 3 is 2.68 bits per heavy atom. The maximum absolute atomic E-state index is 13.6. The predicted octanol–water partition coefficient (Wildman–Crippen LogP) is 3.48. The van der Waals surface area contributed by atoms with Crippen LogP contribution in [0.5, 0.6) is 11.5 Å². The Kier molecular flexibility index (Phi) is 5.38. The minimum Gasteiger partial charge on any atom is -0.490 e. The molecule has 1 aliphatic heterocycles. The van der Waals surface area contributed by atoms with Crippen molar-refractivity contribution >= 4 is 11.6 Å². The quantitative estimate of drug-likeness (QED) is 0.662. The highest BCUT2D eigenvalue weighted by molar-refractivity contribution is 5.93. The molecule has 0 unspecified atom stereocenters. The third kappa shape index (κ3) is 4.41. The number of nitrogens with zero attached hydrogens (tertiary/aromatic N) is 1. The Hall–Kier alpha value is -2.76. The number of halogens is 1. The summed E-state index contributed by atoms with van der Waals surface area (Å²) >= 11 is 0. The van der Waals surface area contributed by atoms with Crippen LogP contribution < -0.4 is 20.1 Å². The highest BCUT2D eigenvalue weighted by Crippen LogP contribution is 2.32. The fourth-order valence-corrected chi connectivity index (χ4v) is 2.49. The number of guanidine groups is 1. The van der Waals surface area contributed by atoms with Crippen LogP contribution >= 0.6 is 0 Å². The van der Waals surface area contributed by atoms with Gasteiger partial charge in [-0.25, -0.2) is 4.39 Å². The molecule has 0 spiro atoms. The van der Waals surface area contributed by atoms with E-state index in [0.717, 1.165) is 29.2 Å². The van der Waals surface area contributed by atoms with Crippen molar-refractivity contribution in [2.75, 3.05) is 25.6 Å². The molecule has 1 heterocycles. The molecule has 0 aliphatic carbocycles. The van der Waals surface area contributed by atoms with Gasteiger partial charge in [-0.2, -0.15) is 0 Å². The Balaban J connectivity index is 1.64. The first-order chi connectivity index (χ1) is 12.2. The smallest absolute Gasteiger partial charge is 0.195 e. The average molecular weight is 343 g/mol. The molecule has 132 valence electrons. The SMILES string of the molecule is CN=C(NCc1ccc(C)c(F)c1)Nc1ccc2c(c1)OCCCO2. The standard InChI is InChI=1S/C19H22FN3O2/c1-13-4-5-14(10-16(13)20)12-22-19(21-2)23-15-6-7-17-18(11-15)25-9-3-8-24-17/h4-7,10-11H,3,8-9,12H2,1-2H3,(H2,21,22,23). The van der Waals surface area contributed by atoms with Gasteiger partial charge in [0.25, 0.3) is 0 Å². The summed E-state index contributed by atoms with van der Waals surface area (Å²) in [5.41, 5.74) is 2.33. The molecule has 2 aromatic rings. The molecule has 0 bridgehead atoms. The lowest BCUT2D eigenvalue weighted by Crippen LogP contribution is -2.30. The zero-order valence-electron chi connectivity index (χ0n) is 14.4. The topological polar surface area (TPSA) is 54.9 Å². The molecule has 0 saturated heterocycles. The van der Waals surface area contributed by atoms with Crippen molar-refractivity contribution in [3.63, 3.8) is 0 Å². The van der Waals surface area contributed by atoms with Crippen molar-refractivity contribution in [2.24, 2.45) is 4.99 Å². The first-order valence-corrected chi connectivity index (χ1v) is 8.28. The summed E-state index contributed by atoms with van der Waals surface area (Å²) in [4.78, 5) is 4.20. The van der Waals surface area contributed by atoms with E-state index in [1.165, 1.54) is 6.07 Å². The third-order valence-corrected chi connectivity index (χ3v) is 3.93. The summed E-state index contributed by atoms with van der Waals surface area (Å²) in [7, 11) is 1.69. The van der Waals surface area contributed by atoms with E-state index in [-0.39, 0.29) is 5.82 Å². The van der Waals surface area contributed by atoms with E-state index < -0.39 is 0 Å². The molecule has 6 heteroatoms. The number of aliphatic imine (C=N–C) groups is 1. The van der Waals surface area contributed by atoms with E-state index in [1.54, 1.807) is 20.0 Å². The summed E-state index contributed by atoms with van der Waals surface area (Å²) in [5, 5.41) is 6.38. The molecule has 3 rings (SSSR count). The highest BCUT2D eigenvalue weighted by atomic mass is 19.1. The normalized spacial score (nSPS) is 14.0. The van der Waals surface area contributed by atoms with Crippen molar-refractivity contribution in [1.82, 2.24) is 5.32 Å². The summed E-state index contributed by atoms with van der Waals surface area (Å²) in [6, 6.07) is 10.9. The van der Waals surface area contributed by atoms with Crippen molar-refractivity contribution in [1.29, 1.82) is 0 Å². The second-order valence-electron chi connectivity index (χ2n) is 5.85. The van der Waals surface area contributed by atoms with Crippen LogP contribution in [0.15, 0.2) is 41.4 Å². The fraction of sp³-hybridized carbons (Fsp3) is 0.316. The van der Waals surface area contributed by atoms with Crippen LogP contribution in [0.25, 0.3) is 0 Å². The number of aryl methyl sites for hydroxylation is 1. The molecule has 1 aliphatic rings. The van der Waals surface area contributed by atoms with Gasteiger partial charge in [0.1, 0.15) is 5.82 Å². The number of rotatable bonds is 3. The van der Waals surface area contributed by atoms with E-state index in [0.29, 0.717) is 31.3 Å². The van der Waals surface area contributed by atoms with Crippen molar-refractivity contribution in [2.45, 2.75) is 19.9 Å². The Morgan fingerprint density at radius 1 is 1.12 bits per heavy atom. The first-order valence-electron chi connectivity index (χ1n) is 8.28. The van der Waals surface area contributed by atoms with Gasteiger partial charge in [0, 0.05) is 31.8 Å². The van der Waals surface area contributed by atoms with E-state index in [2.05, 4.69) is 15.6 Å². The molecule has 0 atom stereocenters. The minimum atomic E-state index is -0.204. The van der Waals surface area contributed by atoms with Gasteiger partial charge in [-0.05, 0) is 36.2 Å². The number of anilines is 1. The number of ether oxygens (including phenoxy) is 2. The van der Waals surface area contributed by atoms with Gasteiger partial charge in [0.2, 0.25) is 0 Å². The van der Waals surface area contributed by atoms with Crippen LogP contribution in [0.4, 0.5) is 10.1 Å². The second-order valence-corrected chi connectivity index (χ2v) is 5.85.